The average molecular weight is 667 g/mol. The Morgan fingerprint density at radius 2 is 1.04 bits per heavy atom. The smallest absolute Gasteiger partial charge is 0.134 e. The van der Waals surface area contributed by atoms with E-state index in [1.54, 1.807) is 0 Å². The molecular formula is C48H34N4. The zero-order valence-electron chi connectivity index (χ0n) is 28.4. The van der Waals surface area contributed by atoms with Crippen LogP contribution in [0.15, 0.2) is 199 Å². The average Bonchev–Trinajstić information content (AvgIpc) is 3.24. The van der Waals surface area contributed by atoms with E-state index in [0.717, 1.165) is 61.9 Å². The van der Waals surface area contributed by atoms with Crippen molar-refractivity contribution in [2.45, 2.75) is 6.04 Å². The molecule has 1 aliphatic rings. The number of nitrogens with one attached hydrogen (secondary N) is 1. The molecule has 0 bridgehead atoms. The molecule has 0 spiro atoms. The third-order valence-corrected chi connectivity index (χ3v) is 9.60. The van der Waals surface area contributed by atoms with Crippen LogP contribution in [0.1, 0.15) is 22.7 Å². The minimum absolute atomic E-state index is 0.0277. The molecule has 9 rings (SSSR count). The molecule has 4 nitrogen and oxygen atoms in total. The molecule has 52 heavy (non-hydrogen) atoms. The van der Waals surface area contributed by atoms with Crippen molar-refractivity contribution in [1.82, 2.24) is 15.3 Å². The lowest BCUT2D eigenvalue weighted by molar-refractivity contribution is 0.781. The highest BCUT2D eigenvalue weighted by Crippen LogP contribution is 2.42. The molecule has 0 radical (unpaired) electrons. The van der Waals surface area contributed by atoms with E-state index in [2.05, 4.69) is 157 Å². The Hall–Kier alpha value is -6.91. The van der Waals surface area contributed by atoms with E-state index in [4.69, 9.17) is 15.0 Å². The maximum atomic E-state index is 5.22. The molecule has 4 heteroatoms. The highest BCUT2D eigenvalue weighted by molar-refractivity contribution is 6.06. The number of pyridine rings is 2. The summed E-state index contributed by atoms with van der Waals surface area (Å²) >= 11 is 0. The van der Waals surface area contributed by atoms with Crippen LogP contribution in [0.2, 0.25) is 0 Å². The predicted octanol–water partition coefficient (Wildman–Crippen LogP) is 11.4. The molecule has 246 valence electrons. The molecule has 1 aliphatic heterocycles. The quantitative estimate of drug-likeness (QED) is 0.184. The second-order valence-electron chi connectivity index (χ2n) is 12.9. The van der Waals surface area contributed by atoms with Crippen molar-refractivity contribution in [2.24, 2.45) is 4.99 Å². The number of amidine groups is 1. The van der Waals surface area contributed by atoms with Crippen molar-refractivity contribution in [1.29, 1.82) is 0 Å². The lowest BCUT2D eigenvalue weighted by Gasteiger charge is -2.24. The Balaban J connectivity index is 1.23. The molecule has 0 saturated carbocycles. The van der Waals surface area contributed by atoms with Gasteiger partial charge < -0.3 is 5.32 Å². The van der Waals surface area contributed by atoms with E-state index >= 15 is 0 Å². The summed E-state index contributed by atoms with van der Waals surface area (Å²) in [7, 11) is 0. The standard InChI is InChI=1S/C48H34N4/c1-3-15-34(16-4-1)45-32-46(52-48(51-45)35-17-5-2-6-18-35)36-19-13-20-37(28-36)47-41-21-8-7-14-33(41)24-25-42(47)38-29-39(43-22-9-11-26-49-43)31-40(30-38)44-23-10-12-27-50-44/h1-32,45H,(H,51,52). The number of aliphatic imine (C=N–C) groups is 1. The number of aromatic nitrogens is 2. The summed E-state index contributed by atoms with van der Waals surface area (Å²) in [5.74, 6) is 0.858. The first-order valence-electron chi connectivity index (χ1n) is 17.6. The summed E-state index contributed by atoms with van der Waals surface area (Å²) in [6.45, 7) is 0. The molecule has 1 unspecified atom stereocenters. The first-order valence-corrected chi connectivity index (χ1v) is 17.6. The molecule has 1 N–H and O–H groups in total. The Morgan fingerprint density at radius 3 is 1.75 bits per heavy atom. The number of benzene rings is 6. The van der Waals surface area contributed by atoms with Crippen LogP contribution in [-0.2, 0) is 0 Å². The maximum Gasteiger partial charge on any atom is 0.134 e. The SMILES string of the molecule is C1=C(c2cccc(-c3c(-c4cc(-c5ccccn5)cc(-c5ccccn5)c4)ccc4ccccc34)c2)N=C(c2ccccc2)NC1c1ccccc1. The molecule has 0 saturated heterocycles. The van der Waals surface area contributed by atoms with Crippen molar-refractivity contribution in [3.8, 4) is 44.8 Å². The lowest BCUT2D eigenvalue weighted by atomic mass is 9.87. The third kappa shape index (κ3) is 6.19. The molecule has 0 amide bonds. The number of fused-ring (bicyclic) bond motifs is 1. The van der Waals surface area contributed by atoms with Gasteiger partial charge in [-0.05, 0) is 93.2 Å². The fourth-order valence-electron chi connectivity index (χ4n) is 7.08. The number of hydrogen-bond donors (Lipinski definition) is 1. The second-order valence-corrected chi connectivity index (χ2v) is 12.9. The third-order valence-electron chi connectivity index (χ3n) is 9.60. The van der Waals surface area contributed by atoms with Gasteiger partial charge in [-0.25, -0.2) is 4.99 Å². The van der Waals surface area contributed by atoms with Crippen LogP contribution in [0.4, 0.5) is 0 Å². The van der Waals surface area contributed by atoms with Gasteiger partial charge in [0, 0.05) is 34.6 Å². The van der Waals surface area contributed by atoms with E-state index in [1.807, 2.05) is 42.7 Å². The number of hydrogen-bond acceptors (Lipinski definition) is 4. The van der Waals surface area contributed by atoms with E-state index in [0.29, 0.717) is 0 Å². The molecule has 1 atom stereocenters. The second kappa shape index (κ2) is 13.8. The zero-order chi connectivity index (χ0) is 34.7. The van der Waals surface area contributed by atoms with Gasteiger partial charge >= 0.3 is 0 Å². The van der Waals surface area contributed by atoms with Gasteiger partial charge in [0.25, 0.3) is 0 Å². The first kappa shape index (κ1) is 31.1. The monoisotopic (exact) mass is 666 g/mol. The summed E-state index contributed by atoms with van der Waals surface area (Å²) in [5.41, 5.74) is 12.7. The molecule has 3 heterocycles. The predicted molar refractivity (Wildman–Crippen MR) is 215 cm³/mol. The van der Waals surface area contributed by atoms with Gasteiger partial charge in [-0.15, -0.1) is 0 Å². The molecule has 0 fully saturated rings. The van der Waals surface area contributed by atoms with E-state index in [-0.39, 0.29) is 6.04 Å². The summed E-state index contributed by atoms with van der Waals surface area (Å²) in [6, 6.07) is 61.6. The molecule has 6 aromatic carbocycles. The van der Waals surface area contributed by atoms with Crippen LogP contribution < -0.4 is 5.32 Å². The van der Waals surface area contributed by atoms with Crippen molar-refractivity contribution in [2.75, 3.05) is 0 Å². The minimum Gasteiger partial charge on any atom is -0.359 e. The Morgan fingerprint density at radius 1 is 0.442 bits per heavy atom. The van der Waals surface area contributed by atoms with Crippen LogP contribution in [0, 0.1) is 0 Å². The molecular weight excluding hydrogens is 633 g/mol. The minimum atomic E-state index is -0.0277. The van der Waals surface area contributed by atoms with Crippen molar-refractivity contribution >= 4 is 22.3 Å². The van der Waals surface area contributed by atoms with Gasteiger partial charge in [-0.2, -0.15) is 0 Å². The Kier molecular flexibility index (Phi) is 8.24. The molecule has 2 aromatic heterocycles. The van der Waals surface area contributed by atoms with Crippen LogP contribution in [0.3, 0.4) is 0 Å². The largest absolute Gasteiger partial charge is 0.359 e. The van der Waals surface area contributed by atoms with Gasteiger partial charge in [0.05, 0.1) is 23.1 Å². The van der Waals surface area contributed by atoms with Gasteiger partial charge in [-0.1, -0.05) is 127 Å². The van der Waals surface area contributed by atoms with Crippen LogP contribution >= 0.6 is 0 Å². The van der Waals surface area contributed by atoms with Crippen LogP contribution in [0.5, 0.6) is 0 Å². The fraction of sp³-hybridized carbons (Fsp3) is 0.0208. The zero-order valence-corrected chi connectivity index (χ0v) is 28.4. The number of rotatable bonds is 7. The maximum absolute atomic E-state index is 5.22. The highest BCUT2D eigenvalue weighted by atomic mass is 15.0. The summed E-state index contributed by atoms with van der Waals surface area (Å²) in [5, 5.41) is 6.06. The van der Waals surface area contributed by atoms with Crippen LogP contribution in [-0.4, -0.2) is 15.8 Å². The summed E-state index contributed by atoms with van der Waals surface area (Å²) < 4.78 is 0. The first-order chi connectivity index (χ1) is 25.8. The van der Waals surface area contributed by atoms with Crippen LogP contribution in [0.25, 0.3) is 61.2 Å². The van der Waals surface area contributed by atoms with E-state index in [1.165, 1.54) is 21.9 Å². The van der Waals surface area contributed by atoms with Crippen molar-refractivity contribution < 1.29 is 0 Å². The molecule has 8 aromatic rings. The molecule has 0 aliphatic carbocycles. The normalized spacial score (nSPS) is 14.0. The Labute approximate surface area is 303 Å². The lowest BCUT2D eigenvalue weighted by Crippen LogP contribution is -2.31. The summed E-state index contributed by atoms with van der Waals surface area (Å²) in [6.07, 6.45) is 5.93. The van der Waals surface area contributed by atoms with Crippen molar-refractivity contribution in [3.05, 3.63) is 211 Å². The van der Waals surface area contributed by atoms with Crippen molar-refractivity contribution in [3.63, 3.8) is 0 Å². The van der Waals surface area contributed by atoms with Gasteiger partial charge in [0.2, 0.25) is 0 Å². The van der Waals surface area contributed by atoms with E-state index < -0.39 is 0 Å². The van der Waals surface area contributed by atoms with Gasteiger partial charge in [-0.3, -0.25) is 9.97 Å². The Bertz CT molecular complexity index is 2520. The van der Waals surface area contributed by atoms with Gasteiger partial charge in [0.1, 0.15) is 5.84 Å². The topological polar surface area (TPSA) is 50.2 Å². The fourth-order valence-corrected chi connectivity index (χ4v) is 7.08. The number of nitrogens with zero attached hydrogens (tertiary/aromatic N) is 3. The highest BCUT2D eigenvalue weighted by Gasteiger charge is 2.21. The summed E-state index contributed by atoms with van der Waals surface area (Å²) in [4.78, 5) is 14.7. The van der Waals surface area contributed by atoms with E-state index in [9.17, 15) is 0 Å². The van der Waals surface area contributed by atoms with Gasteiger partial charge in [0.15, 0.2) is 0 Å².